The van der Waals surface area contributed by atoms with Gasteiger partial charge in [-0.15, -0.1) is 5.10 Å². The van der Waals surface area contributed by atoms with Crippen LogP contribution in [0.3, 0.4) is 0 Å². The molecule has 0 saturated heterocycles. The molecule has 0 atom stereocenters. The van der Waals surface area contributed by atoms with Gasteiger partial charge >= 0.3 is 0 Å². The van der Waals surface area contributed by atoms with Crippen LogP contribution in [0.5, 0.6) is 0 Å². The van der Waals surface area contributed by atoms with E-state index in [1.54, 1.807) is 18.0 Å². The van der Waals surface area contributed by atoms with E-state index < -0.39 is 0 Å². The van der Waals surface area contributed by atoms with Crippen LogP contribution in [0.4, 0.5) is 0 Å². The largest absolute Gasteiger partial charge is 0.244 e. The van der Waals surface area contributed by atoms with Crippen LogP contribution in [-0.2, 0) is 5.75 Å². The fourth-order valence-corrected chi connectivity index (χ4v) is 3.47. The highest BCUT2D eigenvalue weighted by atomic mass is 35.5. The highest BCUT2D eigenvalue weighted by molar-refractivity contribution is 7.98. The van der Waals surface area contributed by atoms with Crippen LogP contribution < -0.4 is 0 Å². The average molecular weight is 310 g/mol. The molecule has 0 amide bonds. The van der Waals surface area contributed by atoms with Crippen LogP contribution in [0.1, 0.15) is 43.7 Å². The molecule has 2 heterocycles. The molecule has 7 heteroatoms. The zero-order chi connectivity index (χ0) is 13.8. The first-order valence-corrected chi connectivity index (χ1v) is 8.20. The number of thioether (sulfide) groups is 1. The number of tetrazole rings is 1. The molecule has 0 radical (unpaired) electrons. The fourth-order valence-electron chi connectivity index (χ4n) is 2.47. The quantitative estimate of drug-likeness (QED) is 0.639. The summed E-state index contributed by atoms with van der Waals surface area (Å²) in [6.07, 6.45) is 8.04. The van der Waals surface area contributed by atoms with Crippen molar-refractivity contribution in [2.45, 2.75) is 49.1 Å². The second kappa shape index (κ2) is 6.54. The number of aromatic nitrogens is 5. The highest BCUT2D eigenvalue weighted by Gasteiger charge is 2.20. The molecule has 0 aliphatic heterocycles. The van der Waals surface area contributed by atoms with Gasteiger partial charge in [0.25, 0.3) is 0 Å². The van der Waals surface area contributed by atoms with Gasteiger partial charge in [0.1, 0.15) is 5.15 Å². The van der Waals surface area contributed by atoms with Crippen LogP contribution in [0.25, 0.3) is 0 Å². The van der Waals surface area contributed by atoms with Crippen molar-refractivity contribution in [1.29, 1.82) is 0 Å². The smallest absolute Gasteiger partial charge is 0.209 e. The first-order valence-electron chi connectivity index (χ1n) is 6.84. The Balaban J connectivity index is 1.65. The van der Waals surface area contributed by atoms with E-state index in [0.29, 0.717) is 11.2 Å². The first-order chi connectivity index (χ1) is 9.83. The molecule has 0 aromatic carbocycles. The molecule has 1 fully saturated rings. The van der Waals surface area contributed by atoms with Gasteiger partial charge in [0.2, 0.25) is 5.16 Å². The zero-order valence-corrected chi connectivity index (χ0v) is 12.6. The van der Waals surface area contributed by atoms with Crippen LogP contribution in [0, 0.1) is 0 Å². The Labute approximate surface area is 127 Å². The Bertz CT molecular complexity index is 550. The van der Waals surface area contributed by atoms with Gasteiger partial charge in [-0.2, -0.15) is 0 Å². The monoisotopic (exact) mass is 309 g/mol. The lowest BCUT2D eigenvalue weighted by Crippen LogP contribution is -2.15. The Morgan fingerprint density at radius 3 is 2.85 bits per heavy atom. The second-order valence-corrected chi connectivity index (χ2v) is 6.31. The Hall–Kier alpha value is -1.14. The standard InChI is InChI=1S/C13H16ClN5S/c14-12-7-6-10(8-15-12)9-20-13-16-17-18-19(13)11-4-2-1-3-5-11/h6-8,11H,1-5,9H2. The summed E-state index contributed by atoms with van der Waals surface area (Å²) in [6, 6.07) is 4.25. The van der Waals surface area contributed by atoms with E-state index in [0.717, 1.165) is 16.5 Å². The van der Waals surface area contributed by atoms with E-state index in [1.165, 1.54) is 32.1 Å². The lowest BCUT2D eigenvalue weighted by molar-refractivity contribution is 0.307. The Kier molecular flexibility index (Phi) is 4.52. The zero-order valence-electron chi connectivity index (χ0n) is 11.1. The Morgan fingerprint density at radius 2 is 2.10 bits per heavy atom. The van der Waals surface area contributed by atoms with Gasteiger partial charge in [0.15, 0.2) is 0 Å². The van der Waals surface area contributed by atoms with Crippen molar-refractivity contribution in [3.05, 3.63) is 29.0 Å². The van der Waals surface area contributed by atoms with Crippen LogP contribution in [0.15, 0.2) is 23.5 Å². The second-order valence-electron chi connectivity index (χ2n) is 4.98. The number of hydrogen-bond acceptors (Lipinski definition) is 5. The third kappa shape index (κ3) is 3.30. The summed E-state index contributed by atoms with van der Waals surface area (Å²) in [5, 5.41) is 13.6. The number of halogens is 1. The van der Waals surface area contributed by atoms with Gasteiger partial charge in [-0.25, -0.2) is 9.67 Å². The van der Waals surface area contributed by atoms with E-state index in [1.807, 2.05) is 16.8 Å². The number of hydrogen-bond donors (Lipinski definition) is 0. The van der Waals surface area contributed by atoms with Crippen molar-refractivity contribution in [2.24, 2.45) is 0 Å². The highest BCUT2D eigenvalue weighted by Crippen LogP contribution is 2.31. The minimum absolute atomic E-state index is 0.463. The van der Waals surface area contributed by atoms with Crippen LogP contribution in [-0.4, -0.2) is 25.2 Å². The minimum atomic E-state index is 0.463. The topological polar surface area (TPSA) is 56.5 Å². The normalized spacial score (nSPS) is 16.4. The summed E-state index contributed by atoms with van der Waals surface area (Å²) in [6.45, 7) is 0. The summed E-state index contributed by atoms with van der Waals surface area (Å²) >= 11 is 7.43. The predicted octanol–water partition coefficient (Wildman–Crippen LogP) is 3.52. The molecule has 2 aromatic rings. The Morgan fingerprint density at radius 1 is 1.25 bits per heavy atom. The molecule has 0 bridgehead atoms. The minimum Gasteiger partial charge on any atom is -0.244 e. The molecule has 106 valence electrons. The summed E-state index contributed by atoms with van der Waals surface area (Å²) in [5.41, 5.74) is 1.12. The number of rotatable bonds is 4. The van der Waals surface area contributed by atoms with E-state index in [2.05, 4.69) is 20.5 Å². The maximum absolute atomic E-state index is 5.78. The molecule has 5 nitrogen and oxygen atoms in total. The van der Waals surface area contributed by atoms with Gasteiger partial charge in [-0.05, 0) is 34.9 Å². The van der Waals surface area contributed by atoms with Crippen LogP contribution >= 0.6 is 23.4 Å². The predicted molar refractivity (Wildman–Crippen MR) is 78.7 cm³/mol. The molecule has 20 heavy (non-hydrogen) atoms. The van der Waals surface area contributed by atoms with Gasteiger partial charge in [-0.3, -0.25) is 0 Å². The SMILES string of the molecule is Clc1ccc(CSc2nnnn2C2CCCCC2)cn1. The molecule has 0 spiro atoms. The number of nitrogens with zero attached hydrogens (tertiary/aromatic N) is 5. The van der Waals surface area contributed by atoms with Crippen molar-refractivity contribution in [3.8, 4) is 0 Å². The molecule has 2 aromatic heterocycles. The third-order valence-corrected chi connectivity index (χ3v) is 4.77. The molecule has 3 rings (SSSR count). The number of pyridine rings is 1. The lowest BCUT2D eigenvalue weighted by atomic mass is 9.96. The van der Waals surface area contributed by atoms with Crippen molar-refractivity contribution >= 4 is 23.4 Å². The van der Waals surface area contributed by atoms with E-state index in [9.17, 15) is 0 Å². The third-order valence-electron chi connectivity index (χ3n) is 3.54. The first kappa shape index (κ1) is 13.8. The van der Waals surface area contributed by atoms with Gasteiger partial charge in [0, 0.05) is 11.9 Å². The maximum Gasteiger partial charge on any atom is 0.209 e. The van der Waals surface area contributed by atoms with Gasteiger partial charge in [0.05, 0.1) is 6.04 Å². The molecule has 0 unspecified atom stereocenters. The van der Waals surface area contributed by atoms with Crippen molar-refractivity contribution in [1.82, 2.24) is 25.2 Å². The maximum atomic E-state index is 5.78. The van der Waals surface area contributed by atoms with E-state index in [4.69, 9.17) is 11.6 Å². The fraction of sp³-hybridized carbons (Fsp3) is 0.538. The van der Waals surface area contributed by atoms with Crippen LogP contribution in [0.2, 0.25) is 5.15 Å². The summed E-state index contributed by atoms with van der Waals surface area (Å²) in [7, 11) is 0. The molecule has 0 N–H and O–H groups in total. The van der Waals surface area contributed by atoms with Crippen molar-refractivity contribution in [2.75, 3.05) is 0 Å². The summed E-state index contributed by atoms with van der Waals surface area (Å²) < 4.78 is 1.99. The summed E-state index contributed by atoms with van der Waals surface area (Å²) in [5.74, 6) is 0.803. The van der Waals surface area contributed by atoms with Crippen molar-refractivity contribution < 1.29 is 0 Å². The lowest BCUT2D eigenvalue weighted by Gasteiger charge is -2.21. The van der Waals surface area contributed by atoms with Gasteiger partial charge in [-0.1, -0.05) is 48.7 Å². The average Bonchev–Trinajstić information content (AvgIpc) is 2.96. The van der Waals surface area contributed by atoms with Crippen molar-refractivity contribution in [3.63, 3.8) is 0 Å². The molecular weight excluding hydrogens is 294 g/mol. The summed E-state index contributed by atoms with van der Waals surface area (Å²) in [4.78, 5) is 4.08. The molecule has 1 aliphatic rings. The van der Waals surface area contributed by atoms with E-state index in [-0.39, 0.29) is 0 Å². The molecule has 1 saturated carbocycles. The molecular formula is C13H16ClN5S. The van der Waals surface area contributed by atoms with E-state index >= 15 is 0 Å². The molecule has 1 aliphatic carbocycles. The van der Waals surface area contributed by atoms with Gasteiger partial charge < -0.3 is 0 Å².